The number of alkyl halides is 3. The summed E-state index contributed by atoms with van der Waals surface area (Å²) in [6.07, 6.45) is -2.92. The molecule has 0 bridgehead atoms. The predicted octanol–water partition coefficient (Wildman–Crippen LogP) is 3.83. The number of para-hydroxylation sites is 1. The van der Waals surface area contributed by atoms with Gasteiger partial charge in [-0.3, -0.25) is 4.79 Å². The summed E-state index contributed by atoms with van der Waals surface area (Å²) < 4.78 is 38.3. The van der Waals surface area contributed by atoms with E-state index in [2.05, 4.69) is 10.3 Å². The number of nitrogens with one attached hydrogen (secondary N) is 1. The number of halogens is 3. The third kappa shape index (κ3) is 4.49. The van der Waals surface area contributed by atoms with Crippen molar-refractivity contribution >= 4 is 23.4 Å². The average molecular weight is 312 g/mol. The molecule has 1 aromatic carbocycles. The molecule has 7 heteroatoms. The Morgan fingerprint density at radius 3 is 2.52 bits per heavy atom. The number of thioether (sulfide) groups is 1. The van der Waals surface area contributed by atoms with Gasteiger partial charge < -0.3 is 5.32 Å². The lowest BCUT2D eigenvalue weighted by Crippen LogP contribution is -2.18. The van der Waals surface area contributed by atoms with Gasteiger partial charge in [0.15, 0.2) is 0 Å². The van der Waals surface area contributed by atoms with Crippen molar-refractivity contribution in [1.29, 1.82) is 0 Å². The molecule has 0 aliphatic carbocycles. The van der Waals surface area contributed by atoms with Gasteiger partial charge in [0.2, 0.25) is 5.91 Å². The molecular weight excluding hydrogens is 301 g/mol. The van der Waals surface area contributed by atoms with E-state index in [0.717, 1.165) is 17.8 Å². The number of anilines is 1. The quantitative estimate of drug-likeness (QED) is 0.872. The maximum atomic E-state index is 12.8. The van der Waals surface area contributed by atoms with E-state index in [0.29, 0.717) is 5.03 Å². The van der Waals surface area contributed by atoms with E-state index < -0.39 is 17.6 Å². The SMILES string of the molecule is O=C(CSc1ccccn1)Nc1ccccc1C(F)(F)F. The first-order chi connectivity index (χ1) is 9.97. The van der Waals surface area contributed by atoms with Crippen LogP contribution in [0, 0.1) is 0 Å². The number of amides is 1. The molecule has 1 amide bonds. The zero-order valence-electron chi connectivity index (χ0n) is 10.7. The number of benzene rings is 1. The number of nitrogens with zero attached hydrogens (tertiary/aromatic N) is 1. The summed E-state index contributed by atoms with van der Waals surface area (Å²) in [5.41, 5.74) is -1.10. The van der Waals surface area contributed by atoms with Crippen molar-refractivity contribution in [2.45, 2.75) is 11.2 Å². The molecule has 0 saturated heterocycles. The Kier molecular flexibility index (Phi) is 4.85. The number of hydrogen-bond acceptors (Lipinski definition) is 3. The minimum absolute atomic E-state index is 0.0107. The molecule has 0 aliphatic heterocycles. The van der Waals surface area contributed by atoms with Gasteiger partial charge in [-0.05, 0) is 24.3 Å². The third-order valence-corrected chi connectivity index (χ3v) is 3.44. The van der Waals surface area contributed by atoms with Gasteiger partial charge in [-0.1, -0.05) is 30.0 Å². The van der Waals surface area contributed by atoms with Gasteiger partial charge >= 0.3 is 6.18 Å². The second-order valence-electron chi connectivity index (χ2n) is 4.05. The smallest absolute Gasteiger partial charge is 0.325 e. The van der Waals surface area contributed by atoms with Gasteiger partial charge in [0.05, 0.1) is 22.0 Å². The van der Waals surface area contributed by atoms with Gasteiger partial charge in [0.25, 0.3) is 0 Å². The Balaban J connectivity index is 2.00. The highest BCUT2D eigenvalue weighted by molar-refractivity contribution is 7.99. The van der Waals surface area contributed by atoms with Crippen LogP contribution in [0.1, 0.15) is 5.56 Å². The molecule has 0 spiro atoms. The van der Waals surface area contributed by atoms with E-state index in [1.165, 1.54) is 18.2 Å². The zero-order valence-corrected chi connectivity index (χ0v) is 11.5. The van der Waals surface area contributed by atoms with E-state index in [1.807, 2.05) is 0 Å². The highest BCUT2D eigenvalue weighted by atomic mass is 32.2. The van der Waals surface area contributed by atoms with Gasteiger partial charge in [-0.25, -0.2) is 4.98 Å². The van der Waals surface area contributed by atoms with E-state index in [9.17, 15) is 18.0 Å². The molecular formula is C14H11F3N2OS. The third-order valence-electron chi connectivity index (χ3n) is 2.50. The summed E-state index contributed by atoms with van der Waals surface area (Å²) in [5.74, 6) is -0.522. The Morgan fingerprint density at radius 2 is 1.86 bits per heavy atom. The van der Waals surface area contributed by atoms with Gasteiger partial charge in [-0.15, -0.1) is 0 Å². The lowest BCUT2D eigenvalue weighted by Gasteiger charge is -2.13. The first kappa shape index (κ1) is 15.4. The van der Waals surface area contributed by atoms with Crippen LogP contribution in [0.4, 0.5) is 18.9 Å². The predicted molar refractivity (Wildman–Crippen MR) is 75.0 cm³/mol. The van der Waals surface area contributed by atoms with E-state index in [1.54, 1.807) is 24.4 Å². The molecule has 0 saturated carbocycles. The van der Waals surface area contributed by atoms with Gasteiger partial charge in [0, 0.05) is 6.20 Å². The molecule has 0 fully saturated rings. The lowest BCUT2D eigenvalue weighted by molar-refractivity contribution is -0.137. The van der Waals surface area contributed by atoms with E-state index >= 15 is 0 Å². The number of pyridine rings is 1. The second-order valence-corrected chi connectivity index (χ2v) is 5.04. The number of hydrogen-bond donors (Lipinski definition) is 1. The molecule has 0 radical (unpaired) electrons. The second kappa shape index (κ2) is 6.62. The number of aromatic nitrogens is 1. The Hall–Kier alpha value is -2.02. The summed E-state index contributed by atoms with van der Waals surface area (Å²) in [4.78, 5) is 15.8. The van der Waals surface area contributed by atoms with Crippen molar-refractivity contribution < 1.29 is 18.0 Å². The summed E-state index contributed by atoms with van der Waals surface area (Å²) >= 11 is 1.16. The van der Waals surface area contributed by atoms with Crippen LogP contribution in [0.3, 0.4) is 0 Å². The van der Waals surface area contributed by atoms with Crippen LogP contribution < -0.4 is 5.32 Å². The highest BCUT2D eigenvalue weighted by Crippen LogP contribution is 2.34. The number of rotatable bonds is 4. The summed E-state index contributed by atoms with van der Waals surface area (Å²) in [7, 11) is 0. The van der Waals surface area contributed by atoms with Crippen molar-refractivity contribution in [3.8, 4) is 0 Å². The van der Waals surface area contributed by atoms with Crippen molar-refractivity contribution in [1.82, 2.24) is 4.98 Å². The van der Waals surface area contributed by atoms with E-state index in [4.69, 9.17) is 0 Å². The molecule has 1 aromatic heterocycles. The molecule has 2 rings (SSSR count). The van der Waals surface area contributed by atoms with Crippen LogP contribution >= 0.6 is 11.8 Å². The highest BCUT2D eigenvalue weighted by Gasteiger charge is 2.33. The fourth-order valence-corrected chi connectivity index (χ4v) is 2.26. The first-order valence-corrected chi connectivity index (χ1v) is 6.95. The van der Waals surface area contributed by atoms with Crippen LogP contribution in [0.15, 0.2) is 53.7 Å². The minimum Gasteiger partial charge on any atom is -0.325 e. The summed E-state index contributed by atoms with van der Waals surface area (Å²) in [6.45, 7) is 0. The van der Waals surface area contributed by atoms with Crippen LogP contribution in [-0.4, -0.2) is 16.6 Å². The first-order valence-electron chi connectivity index (χ1n) is 5.97. The number of carbonyl (C=O) groups excluding carboxylic acids is 1. The van der Waals surface area contributed by atoms with Crippen LogP contribution in [0.2, 0.25) is 0 Å². The van der Waals surface area contributed by atoms with Gasteiger partial charge in [0.1, 0.15) is 0 Å². The Labute approximate surface area is 123 Å². The molecule has 2 aromatic rings. The Morgan fingerprint density at radius 1 is 1.14 bits per heavy atom. The van der Waals surface area contributed by atoms with Crippen molar-refractivity contribution in [3.05, 3.63) is 54.2 Å². The molecule has 1 heterocycles. The fourth-order valence-electron chi connectivity index (χ4n) is 1.60. The molecule has 0 atom stereocenters. The lowest BCUT2D eigenvalue weighted by atomic mass is 10.1. The molecule has 110 valence electrons. The zero-order chi connectivity index (χ0) is 15.3. The molecule has 0 aliphatic rings. The molecule has 21 heavy (non-hydrogen) atoms. The van der Waals surface area contributed by atoms with Crippen LogP contribution in [0.25, 0.3) is 0 Å². The average Bonchev–Trinajstić information content (AvgIpc) is 2.46. The molecule has 0 unspecified atom stereocenters. The van der Waals surface area contributed by atoms with Crippen molar-refractivity contribution in [3.63, 3.8) is 0 Å². The standard InChI is InChI=1S/C14H11F3N2OS/c15-14(16,17)10-5-1-2-6-11(10)19-12(20)9-21-13-7-3-4-8-18-13/h1-8H,9H2,(H,19,20). The fraction of sp³-hybridized carbons (Fsp3) is 0.143. The maximum Gasteiger partial charge on any atom is 0.418 e. The molecule has 1 N–H and O–H groups in total. The normalized spacial score (nSPS) is 11.2. The topological polar surface area (TPSA) is 42.0 Å². The minimum atomic E-state index is -4.50. The maximum absolute atomic E-state index is 12.8. The van der Waals surface area contributed by atoms with Crippen molar-refractivity contribution in [2.24, 2.45) is 0 Å². The summed E-state index contributed by atoms with van der Waals surface area (Å²) in [6, 6.07) is 10.1. The van der Waals surface area contributed by atoms with Crippen molar-refractivity contribution in [2.75, 3.05) is 11.1 Å². The summed E-state index contributed by atoms with van der Waals surface area (Å²) in [5, 5.41) is 2.92. The van der Waals surface area contributed by atoms with Gasteiger partial charge in [-0.2, -0.15) is 13.2 Å². The van der Waals surface area contributed by atoms with Crippen LogP contribution in [0.5, 0.6) is 0 Å². The van der Waals surface area contributed by atoms with Crippen LogP contribution in [-0.2, 0) is 11.0 Å². The molecule has 3 nitrogen and oxygen atoms in total. The largest absolute Gasteiger partial charge is 0.418 e. The Bertz CT molecular complexity index is 617. The monoisotopic (exact) mass is 312 g/mol. The van der Waals surface area contributed by atoms with E-state index in [-0.39, 0.29) is 11.4 Å². The number of carbonyl (C=O) groups is 1.